The van der Waals surface area contributed by atoms with E-state index in [1.54, 1.807) is 12.1 Å². The molecule has 1 saturated heterocycles. The van der Waals surface area contributed by atoms with E-state index in [1.165, 1.54) is 0 Å². The van der Waals surface area contributed by atoms with Gasteiger partial charge in [0.25, 0.3) is 0 Å². The topological polar surface area (TPSA) is 32.3 Å². The molecule has 20 heavy (non-hydrogen) atoms. The summed E-state index contributed by atoms with van der Waals surface area (Å²) in [5.41, 5.74) is 0.974. The van der Waals surface area contributed by atoms with Gasteiger partial charge in [0.1, 0.15) is 0 Å². The molecule has 112 valence electrons. The number of hydrogen-bond donors (Lipinski definition) is 1. The van der Waals surface area contributed by atoms with Crippen molar-refractivity contribution in [3.8, 4) is 0 Å². The Morgan fingerprint density at radius 1 is 1.45 bits per heavy atom. The Bertz CT molecular complexity index is 468. The van der Waals surface area contributed by atoms with Crippen LogP contribution in [-0.2, 0) is 11.2 Å². The van der Waals surface area contributed by atoms with Gasteiger partial charge in [0.15, 0.2) is 0 Å². The summed E-state index contributed by atoms with van der Waals surface area (Å²) in [6, 6.07) is 5.68. The van der Waals surface area contributed by atoms with Crippen LogP contribution in [0.3, 0.4) is 0 Å². The normalized spacial score (nSPS) is 18.6. The number of amides is 1. The maximum atomic E-state index is 12.2. The Morgan fingerprint density at radius 2 is 2.20 bits per heavy atom. The van der Waals surface area contributed by atoms with Crippen LogP contribution in [0.4, 0.5) is 0 Å². The molecule has 1 amide bonds. The second kappa shape index (κ2) is 8.08. The molecule has 3 nitrogen and oxygen atoms in total. The fourth-order valence-electron chi connectivity index (χ4n) is 2.32. The number of nitrogens with one attached hydrogen (secondary N) is 1. The minimum absolute atomic E-state index is 0. The van der Waals surface area contributed by atoms with Gasteiger partial charge < -0.3 is 10.2 Å². The van der Waals surface area contributed by atoms with E-state index in [1.807, 2.05) is 11.0 Å². The zero-order valence-electron chi connectivity index (χ0n) is 11.4. The lowest BCUT2D eigenvalue weighted by atomic mass is 10.1. The summed E-state index contributed by atoms with van der Waals surface area (Å²) >= 11 is 12.0. The highest BCUT2D eigenvalue weighted by molar-refractivity contribution is 6.35. The molecule has 0 unspecified atom stereocenters. The molecule has 1 fully saturated rings. The third-order valence-corrected chi connectivity index (χ3v) is 4.03. The van der Waals surface area contributed by atoms with E-state index in [9.17, 15) is 4.79 Å². The Labute approximate surface area is 136 Å². The fourth-order valence-corrected chi connectivity index (χ4v) is 2.82. The van der Waals surface area contributed by atoms with Crippen LogP contribution in [0.1, 0.15) is 18.9 Å². The minimum Gasteiger partial charge on any atom is -0.337 e. The molecule has 0 aliphatic carbocycles. The number of carbonyl (C=O) groups is 1. The van der Waals surface area contributed by atoms with Crippen LogP contribution in [0.15, 0.2) is 18.2 Å². The molecular weight excluding hydrogens is 319 g/mol. The third kappa shape index (κ3) is 4.52. The minimum atomic E-state index is 0. The first kappa shape index (κ1) is 17.6. The van der Waals surface area contributed by atoms with E-state index in [2.05, 4.69) is 12.2 Å². The lowest BCUT2D eigenvalue weighted by molar-refractivity contribution is -0.133. The number of halogens is 3. The summed E-state index contributed by atoms with van der Waals surface area (Å²) in [6.45, 7) is 4.60. The molecule has 1 aromatic carbocycles. The summed E-state index contributed by atoms with van der Waals surface area (Å²) in [4.78, 5) is 14.1. The Balaban J connectivity index is 0.00000200. The van der Waals surface area contributed by atoms with Crippen molar-refractivity contribution in [1.82, 2.24) is 10.2 Å². The average Bonchev–Trinajstić information content (AvgIpc) is 2.38. The van der Waals surface area contributed by atoms with Crippen LogP contribution < -0.4 is 5.32 Å². The molecule has 0 saturated carbocycles. The van der Waals surface area contributed by atoms with E-state index in [-0.39, 0.29) is 24.4 Å². The van der Waals surface area contributed by atoms with Gasteiger partial charge in [0.2, 0.25) is 5.91 Å². The number of rotatable bonds is 3. The molecule has 0 aromatic heterocycles. The van der Waals surface area contributed by atoms with Crippen LogP contribution in [0.25, 0.3) is 0 Å². The van der Waals surface area contributed by atoms with Crippen LogP contribution in [-0.4, -0.2) is 36.5 Å². The number of aryl methyl sites for hydroxylation is 1. The average molecular weight is 338 g/mol. The van der Waals surface area contributed by atoms with Gasteiger partial charge in [-0.1, -0.05) is 29.3 Å². The van der Waals surface area contributed by atoms with Gasteiger partial charge in [0, 0.05) is 42.1 Å². The van der Waals surface area contributed by atoms with Crippen LogP contribution in [0.5, 0.6) is 0 Å². The van der Waals surface area contributed by atoms with Crippen molar-refractivity contribution in [2.24, 2.45) is 0 Å². The number of nitrogens with zero attached hydrogens (tertiary/aromatic N) is 1. The molecule has 2 rings (SSSR count). The lowest BCUT2D eigenvalue weighted by Gasteiger charge is -2.34. The van der Waals surface area contributed by atoms with Gasteiger partial charge in [-0.2, -0.15) is 0 Å². The second-order valence-electron chi connectivity index (χ2n) is 4.88. The predicted molar refractivity (Wildman–Crippen MR) is 86.1 cm³/mol. The molecule has 0 spiro atoms. The van der Waals surface area contributed by atoms with E-state index in [0.717, 1.165) is 25.2 Å². The first-order valence-electron chi connectivity index (χ1n) is 6.52. The fraction of sp³-hybridized carbons (Fsp3) is 0.500. The Morgan fingerprint density at radius 3 is 2.85 bits per heavy atom. The molecule has 1 heterocycles. The van der Waals surface area contributed by atoms with Crippen molar-refractivity contribution in [2.75, 3.05) is 19.6 Å². The second-order valence-corrected chi connectivity index (χ2v) is 5.72. The van der Waals surface area contributed by atoms with Crippen molar-refractivity contribution in [3.63, 3.8) is 0 Å². The largest absolute Gasteiger partial charge is 0.337 e. The molecule has 1 N–H and O–H groups in total. The van der Waals surface area contributed by atoms with Crippen LogP contribution in [0.2, 0.25) is 10.0 Å². The van der Waals surface area contributed by atoms with Gasteiger partial charge in [-0.3, -0.25) is 4.79 Å². The zero-order valence-corrected chi connectivity index (χ0v) is 13.7. The Kier molecular flexibility index (Phi) is 7.10. The summed E-state index contributed by atoms with van der Waals surface area (Å²) in [7, 11) is 0. The molecular formula is C14H19Cl3N2O. The first-order valence-corrected chi connectivity index (χ1v) is 7.27. The number of benzene rings is 1. The summed E-state index contributed by atoms with van der Waals surface area (Å²) < 4.78 is 0. The third-order valence-electron chi connectivity index (χ3n) is 3.44. The molecule has 1 aliphatic heterocycles. The van der Waals surface area contributed by atoms with Crippen LogP contribution >= 0.6 is 35.6 Å². The summed E-state index contributed by atoms with van der Waals surface area (Å²) in [5, 5.41) is 4.53. The van der Waals surface area contributed by atoms with Gasteiger partial charge >= 0.3 is 0 Å². The highest BCUT2D eigenvalue weighted by Gasteiger charge is 2.22. The zero-order chi connectivity index (χ0) is 13.8. The monoisotopic (exact) mass is 336 g/mol. The molecule has 1 aromatic rings. The van der Waals surface area contributed by atoms with Crippen molar-refractivity contribution in [2.45, 2.75) is 25.8 Å². The Hall–Kier alpha value is -0.480. The number of piperazine rings is 1. The number of hydrogen-bond acceptors (Lipinski definition) is 2. The first-order chi connectivity index (χ1) is 9.08. The maximum Gasteiger partial charge on any atom is 0.223 e. The predicted octanol–water partition coefficient (Wildman–Crippen LogP) is 3.17. The SMILES string of the molecule is C[C@H]1CNCCN1C(=O)CCc1ccc(Cl)cc1Cl.Cl. The van der Waals surface area contributed by atoms with Crippen molar-refractivity contribution in [1.29, 1.82) is 0 Å². The maximum absolute atomic E-state index is 12.2. The van der Waals surface area contributed by atoms with E-state index >= 15 is 0 Å². The van der Waals surface area contributed by atoms with Gasteiger partial charge in [-0.25, -0.2) is 0 Å². The van der Waals surface area contributed by atoms with E-state index in [0.29, 0.717) is 22.9 Å². The number of carbonyl (C=O) groups excluding carboxylic acids is 1. The smallest absolute Gasteiger partial charge is 0.223 e. The molecule has 6 heteroatoms. The van der Waals surface area contributed by atoms with Crippen molar-refractivity contribution in [3.05, 3.63) is 33.8 Å². The summed E-state index contributed by atoms with van der Waals surface area (Å²) in [5.74, 6) is 0.194. The highest BCUT2D eigenvalue weighted by atomic mass is 35.5. The van der Waals surface area contributed by atoms with Crippen molar-refractivity contribution < 1.29 is 4.79 Å². The molecule has 0 radical (unpaired) electrons. The van der Waals surface area contributed by atoms with E-state index in [4.69, 9.17) is 23.2 Å². The molecule has 0 bridgehead atoms. The van der Waals surface area contributed by atoms with Crippen molar-refractivity contribution >= 4 is 41.5 Å². The van der Waals surface area contributed by atoms with Gasteiger partial charge in [-0.15, -0.1) is 12.4 Å². The molecule has 1 atom stereocenters. The van der Waals surface area contributed by atoms with Gasteiger partial charge in [0.05, 0.1) is 0 Å². The molecule has 1 aliphatic rings. The van der Waals surface area contributed by atoms with Crippen LogP contribution in [0, 0.1) is 0 Å². The quantitative estimate of drug-likeness (QED) is 0.919. The standard InChI is InChI=1S/C14H18Cl2N2O.ClH/c1-10-9-17-6-7-18(10)14(19)5-3-11-2-4-12(15)8-13(11)16;/h2,4,8,10,17H,3,5-7,9H2,1H3;1H/t10-;/m0./s1. The highest BCUT2D eigenvalue weighted by Crippen LogP contribution is 2.22. The van der Waals surface area contributed by atoms with E-state index < -0.39 is 0 Å². The summed E-state index contributed by atoms with van der Waals surface area (Å²) in [6.07, 6.45) is 1.15. The lowest BCUT2D eigenvalue weighted by Crippen LogP contribution is -2.52. The van der Waals surface area contributed by atoms with Gasteiger partial charge in [-0.05, 0) is 31.0 Å².